The molecule has 1 nitrogen and oxygen atoms in total. The number of fused-ring (bicyclic) bond motifs is 1. The van der Waals surface area contributed by atoms with Crippen molar-refractivity contribution in [3.8, 4) is 0 Å². The van der Waals surface area contributed by atoms with E-state index in [1.54, 1.807) is 17.4 Å². The number of hydrogen-bond donors (Lipinski definition) is 0. The molecule has 0 saturated heterocycles. The van der Waals surface area contributed by atoms with Crippen molar-refractivity contribution in [3.63, 3.8) is 0 Å². The Morgan fingerprint density at radius 3 is 3.00 bits per heavy atom. The van der Waals surface area contributed by atoms with Crippen molar-refractivity contribution in [3.05, 3.63) is 32.6 Å². The van der Waals surface area contributed by atoms with Crippen molar-refractivity contribution in [1.82, 2.24) is 0 Å². The highest BCUT2D eigenvalue weighted by molar-refractivity contribution is 9.10. The summed E-state index contributed by atoms with van der Waals surface area (Å²) < 4.78 is 2.00. The summed E-state index contributed by atoms with van der Waals surface area (Å²) in [6.07, 6.45) is 0.795. The highest BCUT2D eigenvalue weighted by Crippen LogP contribution is 2.35. The number of carbonyl (C=O) groups is 1. The standard InChI is InChI=1S/C9H4BrClOS/c10-7-3-8(11)6(4-12)5-1-2-13-9(5)7/h1-4H. The maximum atomic E-state index is 10.8. The molecule has 0 unspecified atom stereocenters. The molecule has 1 aromatic heterocycles. The van der Waals surface area contributed by atoms with E-state index >= 15 is 0 Å². The molecule has 4 heteroatoms. The van der Waals surface area contributed by atoms with Crippen LogP contribution in [0.2, 0.25) is 5.02 Å². The third-order valence-electron chi connectivity index (χ3n) is 1.80. The molecule has 0 aliphatic carbocycles. The van der Waals surface area contributed by atoms with Crippen LogP contribution >= 0.6 is 38.9 Å². The summed E-state index contributed by atoms with van der Waals surface area (Å²) in [6.45, 7) is 0. The van der Waals surface area contributed by atoms with E-state index in [-0.39, 0.29) is 0 Å². The van der Waals surface area contributed by atoms with E-state index in [1.807, 2.05) is 11.4 Å². The minimum atomic E-state index is 0.493. The first-order valence-corrected chi connectivity index (χ1v) is 5.59. The maximum Gasteiger partial charge on any atom is 0.152 e. The smallest absolute Gasteiger partial charge is 0.152 e. The molecule has 0 amide bonds. The zero-order chi connectivity index (χ0) is 9.42. The van der Waals surface area contributed by atoms with Gasteiger partial charge in [-0.15, -0.1) is 11.3 Å². The lowest BCUT2D eigenvalue weighted by molar-refractivity contribution is 0.112. The van der Waals surface area contributed by atoms with E-state index in [4.69, 9.17) is 11.6 Å². The van der Waals surface area contributed by atoms with E-state index < -0.39 is 0 Å². The van der Waals surface area contributed by atoms with Gasteiger partial charge in [-0.25, -0.2) is 0 Å². The molecule has 0 bridgehead atoms. The molecule has 0 saturated carbocycles. The summed E-state index contributed by atoms with van der Waals surface area (Å²) in [5.41, 5.74) is 0.570. The molecular weight excluding hydrogens is 272 g/mol. The fraction of sp³-hybridized carbons (Fsp3) is 0. The second-order valence-electron chi connectivity index (χ2n) is 2.54. The van der Waals surface area contributed by atoms with E-state index in [9.17, 15) is 4.79 Å². The van der Waals surface area contributed by atoms with Crippen LogP contribution in [0.15, 0.2) is 22.0 Å². The van der Waals surface area contributed by atoms with Gasteiger partial charge in [0.1, 0.15) is 0 Å². The maximum absolute atomic E-state index is 10.8. The Morgan fingerprint density at radius 2 is 2.31 bits per heavy atom. The van der Waals surface area contributed by atoms with Crippen LogP contribution in [-0.2, 0) is 0 Å². The number of thiophene rings is 1. The molecular formula is C9H4BrClOS. The monoisotopic (exact) mass is 274 g/mol. The molecule has 13 heavy (non-hydrogen) atoms. The average molecular weight is 276 g/mol. The largest absolute Gasteiger partial charge is 0.298 e. The van der Waals surface area contributed by atoms with Crippen LogP contribution < -0.4 is 0 Å². The van der Waals surface area contributed by atoms with Crippen molar-refractivity contribution in [1.29, 1.82) is 0 Å². The van der Waals surface area contributed by atoms with E-state index in [2.05, 4.69) is 15.9 Å². The third-order valence-corrected chi connectivity index (χ3v) is 3.95. The predicted octanol–water partition coefficient (Wildman–Crippen LogP) is 4.13. The number of hydrogen-bond acceptors (Lipinski definition) is 2. The van der Waals surface area contributed by atoms with Crippen LogP contribution in [0.5, 0.6) is 0 Å². The Kier molecular flexibility index (Phi) is 2.41. The molecule has 0 aliphatic rings. The first-order chi connectivity index (χ1) is 6.24. The highest BCUT2D eigenvalue weighted by Gasteiger charge is 2.09. The van der Waals surface area contributed by atoms with Crippen molar-refractivity contribution < 1.29 is 4.79 Å². The minimum absolute atomic E-state index is 0.493. The van der Waals surface area contributed by atoms with Gasteiger partial charge in [0.2, 0.25) is 0 Å². The van der Waals surface area contributed by atoms with Crippen molar-refractivity contribution >= 4 is 55.2 Å². The van der Waals surface area contributed by atoms with Gasteiger partial charge in [-0.05, 0) is 33.4 Å². The molecule has 2 aromatic rings. The van der Waals surface area contributed by atoms with Crippen molar-refractivity contribution in [2.24, 2.45) is 0 Å². The fourth-order valence-corrected chi connectivity index (χ4v) is 3.14. The Morgan fingerprint density at radius 1 is 1.54 bits per heavy atom. The highest BCUT2D eigenvalue weighted by atomic mass is 79.9. The van der Waals surface area contributed by atoms with Crippen LogP contribution in [0.4, 0.5) is 0 Å². The molecule has 2 rings (SSSR count). The van der Waals surface area contributed by atoms with Crippen molar-refractivity contribution in [2.75, 3.05) is 0 Å². The lowest BCUT2D eigenvalue weighted by Gasteiger charge is -2.00. The zero-order valence-electron chi connectivity index (χ0n) is 6.38. The van der Waals surface area contributed by atoms with Gasteiger partial charge >= 0.3 is 0 Å². The van der Waals surface area contributed by atoms with E-state index in [0.717, 1.165) is 20.8 Å². The SMILES string of the molecule is O=Cc1c(Cl)cc(Br)c2sccc12. The lowest BCUT2D eigenvalue weighted by atomic mass is 10.1. The van der Waals surface area contributed by atoms with Gasteiger partial charge in [-0.1, -0.05) is 11.6 Å². The zero-order valence-corrected chi connectivity index (χ0v) is 9.54. The van der Waals surface area contributed by atoms with Gasteiger partial charge in [-0.2, -0.15) is 0 Å². The Hall–Kier alpha value is -0.380. The van der Waals surface area contributed by atoms with E-state index in [0.29, 0.717) is 10.6 Å². The first kappa shape index (κ1) is 9.19. The Bertz CT molecular complexity index is 478. The van der Waals surface area contributed by atoms with Gasteiger partial charge in [0.15, 0.2) is 6.29 Å². The quantitative estimate of drug-likeness (QED) is 0.715. The summed E-state index contributed by atoms with van der Waals surface area (Å²) in [7, 11) is 0. The minimum Gasteiger partial charge on any atom is -0.298 e. The number of benzene rings is 1. The summed E-state index contributed by atoms with van der Waals surface area (Å²) in [5, 5.41) is 3.35. The van der Waals surface area contributed by atoms with Gasteiger partial charge < -0.3 is 0 Å². The molecule has 0 radical (unpaired) electrons. The van der Waals surface area contributed by atoms with Gasteiger partial charge in [0.05, 0.1) is 5.02 Å². The van der Waals surface area contributed by atoms with Crippen LogP contribution in [0.25, 0.3) is 10.1 Å². The summed E-state index contributed by atoms with van der Waals surface area (Å²) in [4.78, 5) is 10.8. The van der Waals surface area contributed by atoms with Gasteiger partial charge in [0, 0.05) is 20.1 Å². The average Bonchev–Trinajstić information content (AvgIpc) is 2.53. The lowest BCUT2D eigenvalue weighted by Crippen LogP contribution is -1.83. The molecule has 0 fully saturated rings. The van der Waals surface area contributed by atoms with Gasteiger partial charge in [-0.3, -0.25) is 4.79 Å². The second-order valence-corrected chi connectivity index (χ2v) is 4.71. The summed E-state index contributed by atoms with van der Waals surface area (Å²) in [5.74, 6) is 0. The number of aldehydes is 1. The van der Waals surface area contributed by atoms with Gasteiger partial charge in [0.25, 0.3) is 0 Å². The van der Waals surface area contributed by atoms with Crippen LogP contribution in [0, 0.1) is 0 Å². The molecule has 1 aromatic carbocycles. The molecule has 0 aliphatic heterocycles. The first-order valence-electron chi connectivity index (χ1n) is 3.54. The molecule has 1 heterocycles. The molecule has 0 atom stereocenters. The molecule has 66 valence electrons. The Balaban J connectivity index is 2.96. The number of rotatable bonds is 1. The predicted molar refractivity (Wildman–Crippen MR) is 59.9 cm³/mol. The normalized spacial score (nSPS) is 10.6. The molecule has 0 spiro atoms. The Labute approximate surface area is 92.5 Å². The van der Waals surface area contributed by atoms with E-state index in [1.165, 1.54) is 0 Å². The topological polar surface area (TPSA) is 17.1 Å². The fourth-order valence-electron chi connectivity index (χ4n) is 1.21. The van der Waals surface area contributed by atoms with Crippen LogP contribution in [0.3, 0.4) is 0 Å². The van der Waals surface area contributed by atoms with Crippen LogP contribution in [-0.4, -0.2) is 6.29 Å². The number of halogens is 2. The summed E-state index contributed by atoms with van der Waals surface area (Å²) >= 11 is 10.9. The molecule has 0 N–H and O–H groups in total. The third kappa shape index (κ3) is 1.41. The van der Waals surface area contributed by atoms with Crippen LogP contribution in [0.1, 0.15) is 10.4 Å². The van der Waals surface area contributed by atoms with Crippen molar-refractivity contribution in [2.45, 2.75) is 0 Å². The summed E-state index contributed by atoms with van der Waals surface area (Å²) in [6, 6.07) is 3.66. The second kappa shape index (κ2) is 3.40. The number of carbonyl (C=O) groups excluding carboxylic acids is 1.